The molecule has 162 valence electrons. The normalized spacial score (nSPS) is 22.9. The molecular formula is C21H27N3O5S. The van der Waals surface area contributed by atoms with E-state index in [0.717, 1.165) is 23.4 Å². The third-order valence-electron chi connectivity index (χ3n) is 5.59. The molecule has 2 N–H and O–H groups in total. The van der Waals surface area contributed by atoms with Gasteiger partial charge in [0.25, 0.3) is 5.56 Å². The van der Waals surface area contributed by atoms with Gasteiger partial charge < -0.3 is 19.3 Å². The first kappa shape index (κ1) is 20.9. The molecule has 0 spiro atoms. The van der Waals surface area contributed by atoms with Crippen molar-refractivity contribution in [2.24, 2.45) is 4.99 Å². The highest BCUT2D eigenvalue weighted by Gasteiger charge is 2.36. The van der Waals surface area contributed by atoms with E-state index in [4.69, 9.17) is 19.2 Å². The van der Waals surface area contributed by atoms with E-state index in [1.165, 1.54) is 26.0 Å². The van der Waals surface area contributed by atoms with Crippen molar-refractivity contribution in [1.82, 2.24) is 9.78 Å². The molecule has 1 aromatic carbocycles. The summed E-state index contributed by atoms with van der Waals surface area (Å²) in [6, 6.07) is 3.59. The number of aliphatic imine (C=N–C) groups is 1. The van der Waals surface area contributed by atoms with Gasteiger partial charge in [-0.3, -0.25) is 14.6 Å². The summed E-state index contributed by atoms with van der Waals surface area (Å²) in [5.41, 5.74) is 0.993. The highest BCUT2D eigenvalue weighted by atomic mass is 32.2. The number of hydrogen-bond donors (Lipinski definition) is 2. The van der Waals surface area contributed by atoms with Gasteiger partial charge in [-0.25, -0.2) is 4.99 Å². The largest absolute Gasteiger partial charge is 0.502 e. The molecule has 1 saturated heterocycles. The highest BCUT2D eigenvalue weighted by Crippen LogP contribution is 2.48. The van der Waals surface area contributed by atoms with Gasteiger partial charge in [-0.2, -0.15) is 0 Å². The van der Waals surface area contributed by atoms with Crippen molar-refractivity contribution >= 4 is 22.6 Å². The van der Waals surface area contributed by atoms with Crippen molar-refractivity contribution in [2.75, 3.05) is 20.8 Å². The number of benzene rings is 1. The predicted octanol–water partition coefficient (Wildman–Crippen LogP) is 3.92. The zero-order valence-electron chi connectivity index (χ0n) is 17.8. The van der Waals surface area contributed by atoms with Crippen LogP contribution in [0.5, 0.6) is 17.2 Å². The van der Waals surface area contributed by atoms with Crippen molar-refractivity contribution in [2.45, 2.75) is 50.5 Å². The Balaban J connectivity index is 1.82. The number of thioether (sulfide) groups is 1. The molecule has 1 aromatic heterocycles. The van der Waals surface area contributed by atoms with Gasteiger partial charge in [0.15, 0.2) is 17.3 Å². The second-order valence-corrected chi connectivity index (χ2v) is 9.50. The summed E-state index contributed by atoms with van der Waals surface area (Å²) in [6.45, 7) is 6.70. The van der Waals surface area contributed by atoms with E-state index in [-0.39, 0.29) is 28.2 Å². The minimum atomic E-state index is -0.293. The van der Waals surface area contributed by atoms with Crippen LogP contribution in [0.4, 0.5) is 5.82 Å². The van der Waals surface area contributed by atoms with E-state index in [2.05, 4.69) is 18.9 Å². The Kier molecular flexibility index (Phi) is 5.36. The summed E-state index contributed by atoms with van der Waals surface area (Å²) in [6.07, 6.45) is 1.60. The van der Waals surface area contributed by atoms with Crippen LogP contribution in [0.15, 0.2) is 21.9 Å². The lowest BCUT2D eigenvalue weighted by Gasteiger charge is -2.36. The molecule has 8 nitrogen and oxygen atoms in total. The smallest absolute Gasteiger partial charge is 0.271 e. The van der Waals surface area contributed by atoms with Gasteiger partial charge in [0.05, 0.1) is 41.7 Å². The van der Waals surface area contributed by atoms with Crippen LogP contribution in [0, 0.1) is 0 Å². The Morgan fingerprint density at radius 2 is 1.97 bits per heavy atom. The van der Waals surface area contributed by atoms with Crippen LogP contribution in [0.2, 0.25) is 0 Å². The first-order valence-electron chi connectivity index (χ1n) is 9.89. The summed E-state index contributed by atoms with van der Waals surface area (Å²) in [5.74, 6) is 1.20. The summed E-state index contributed by atoms with van der Waals surface area (Å²) in [5, 5.41) is 13.9. The van der Waals surface area contributed by atoms with Crippen LogP contribution in [0.1, 0.15) is 56.0 Å². The molecule has 0 amide bonds. The third-order valence-corrected chi connectivity index (χ3v) is 6.77. The molecular weight excluding hydrogens is 406 g/mol. The Morgan fingerprint density at radius 3 is 2.57 bits per heavy atom. The van der Waals surface area contributed by atoms with Crippen LogP contribution in [-0.2, 0) is 4.74 Å². The maximum absolute atomic E-state index is 13.1. The van der Waals surface area contributed by atoms with Crippen LogP contribution in [-0.4, -0.2) is 46.4 Å². The maximum Gasteiger partial charge on any atom is 0.271 e. The zero-order valence-corrected chi connectivity index (χ0v) is 18.6. The lowest BCUT2D eigenvalue weighted by Crippen LogP contribution is -2.35. The van der Waals surface area contributed by atoms with Crippen LogP contribution >= 0.6 is 11.8 Å². The SMILES string of the molecule is COc1cc([C@@H]2SC(C)=Nc3c2c(=O)[nH]n3[C@@H]2CCOC(C)(C)C2)cc(OC)c1O. The molecule has 0 unspecified atom stereocenters. The van der Waals surface area contributed by atoms with Gasteiger partial charge in [0, 0.05) is 6.61 Å². The molecule has 2 aromatic rings. The van der Waals surface area contributed by atoms with Gasteiger partial charge in [-0.05, 0) is 51.3 Å². The number of nitrogens with one attached hydrogen (secondary N) is 1. The summed E-state index contributed by atoms with van der Waals surface area (Å²) >= 11 is 1.50. The number of H-pyrrole nitrogens is 1. The van der Waals surface area contributed by atoms with E-state index < -0.39 is 0 Å². The average molecular weight is 434 g/mol. The van der Waals surface area contributed by atoms with Gasteiger partial charge in [0.1, 0.15) is 0 Å². The lowest BCUT2D eigenvalue weighted by atomic mass is 9.94. The van der Waals surface area contributed by atoms with Gasteiger partial charge in [0.2, 0.25) is 5.75 Å². The van der Waals surface area contributed by atoms with E-state index in [0.29, 0.717) is 29.5 Å². The van der Waals surface area contributed by atoms with E-state index >= 15 is 0 Å². The number of phenolic OH excluding ortho intramolecular Hbond substituents is 1. The topological polar surface area (TPSA) is 98.1 Å². The van der Waals surface area contributed by atoms with Crippen molar-refractivity contribution in [3.8, 4) is 17.2 Å². The molecule has 30 heavy (non-hydrogen) atoms. The molecule has 9 heteroatoms. The Morgan fingerprint density at radius 1 is 1.30 bits per heavy atom. The fourth-order valence-electron chi connectivity index (χ4n) is 4.19. The number of phenols is 1. The van der Waals surface area contributed by atoms with E-state index in [1.54, 1.807) is 12.1 Å². The van der Waals surface area contributed by atoms with Crippen molar-refractivity contribution in [1.29, 1.82) is 0 Å². The number of ether oxygens (including phenoxy) is 3. The Bertz CT molecular complexity index is 1030. The minimum absolute atomic E-state index is 0.0638. The molecule has 0 radical (unpaired) electrons. The molecule has 0 saturated carbocycles. The standard InChI is InChI=1S/C21H27N3O5S/c1-11-22-19-16(20(26)23-24(19)13-6-7-29-21(2,3)10-13)18(30-11)12-8-14(27-4)17(25)15(9-12)28-5/h8-9,13,18,25H,6-7,10H2,1-5H3,(H,23,26)/t13-,18+/m1/s1. The van der Waals surface area contributed by atoms with Gasteiger partial charge in [-0.15, -0.1) is 0 Å². The number of nitrogens with zero attached hydrogens (tertiary/aromatic N) is 2. The lowest BCUT2D eigenvalue weighted by molar-refractivity contribution is -0.0705. The van der Waals surface area contributed by atoms with Gasteiger partial charge in [-0.1, -0.05) is 11.8 Å². The molecule has 4 rings (SSSR count). The molecule has 2 atom stereocenters. The summed E-state index contributed by atoms with van der Waals surface area (Å²) in [7, 11) is 2.97. The Labute approximate surface area is 179 Å². The molecule has 0 aliphatic carbocycles. The molecule has 2 aliphatic rings. The zero-order chi connectivity index (χ0) is 21.6. The average Bonchev–Trinajstić information content (AvgIpc) is 3.03. The fourth-order valence-corrected chi connectivity index (χ4v) is 5.28. The fraction of sp³-hybridized carbons (Fsp3) is 0.524. The second kappa shape index (κ2) is 7.70. The number of aromatic hydroxyl groups is 1. The molecule has 3 heterocycles. The Hall–Kier alpha value is -2.39. The third kappa shape index (κ3) is 3.60. The van der Waals surface area contributed by atoms with Crippen molar-refractivity contribution in [3.05, 3.63) is 33.6 Å². The first-order valence-corrected chi connectivity index (χ1v) is 10.8. The second-order valence-electron chi connectivity index (χ2n) is 8.21. The molecule has 0 bridgehead atoms. The number of methoxy groups -OCH3 is 2. The van der Waals surface area contributed by atoms with Gasteiger partial charge >= 0.3 is 0 Å². The number of aromatic nitrogens is 2. The molecule has 1 fully saturated rings. The maximum atomic E-state index is 13.1. The highest BCUT2D eigenvalue weighted by molar-refractivity contribution is 8.14. The number of hydrogen-bond acceptors (Lipinski definition) is 7. The minimum Gasteiger partial charge on any atom is -0.502 e. The first-order chi connectivity index (χ1) is 14.2. The van der Waals surface area contributed by atoms with Crippen molar-refractivity contribution in [3.63, 3.8) is 0 Å². The number of aromatic amines is 1. The number of rotatable bonds is 4. The predicted molar refractivity (Wildman–Crippen MR) is 117 cm³/mol. The summed E-state index contributed by atoms with van der Waals surface area (Å²) < 4.78 is 18.4. The van der Waals surface area contributed by atoms with Crippen LogP contribution in [0.25, 0.3) is 0 Å². The van der Waals surface area contributed by atoms with Crippen molar-refractivity contribution < 1.29 is 19.3 Å². The number of fused-ring (bicyclic) bond motifs is 1. The van der Waals surface area contributed by atoms with E-state index in [1.807, 2.05) is 11.6 Å². The van der Waals surface area contributed by atoms with Crippen LogP contribution < -0.4 is 15.0 Å². The molecule has 2 aliphatic heterocycles. The van der Waals surface area contributed by atoms with Crippen LogP contribution in [0.3, 0.4) is 0 Å². The summed E-state index contributed by atoms with van der Waals surface area (Å²) in [4.78, 5) is 17.8. The van der Waals surface area contributed by atoms with E-state index in [9.17, 15) is 9.90 Å². The quantitative estimate of drug-likeness (QED) is 0.759. The monoisotopic (exact) mass is 433 g/mol.